The lowest BCUT2D eigenvalue weighted by Crippen LogP contribution is -1.91. The van der Waals surface area contributed by atoms with Gasteiger partial charge in [-0.25, -0.2) is 0 Å². The van der Waals surface area contributed by atoms with Crippen LogP contribution in [0.2, 0.25) is 0 Å². The number of aldehydes is 1. The fraction of sp³-hybridized carbons (Fsp3) is 0.0667. The van der Waals surface area contributed by atoms with Gasteiger partial charge in [0.15, 0.2) is 0 Å². The normalized spacial score (nSPS) is 9.56. The maximum absolute atomic E-state index is 10.8. The molecule has 3 nitrogen and oxygen atoms in total. The molecule has 0 aliphatic heterocycles. The van der Waals surface area contributed by atoms with Crippen LogP contribution >= 0.6 is 0 Å². The summed E-state index contributed by atoms with van der Waals surface area (Å²) in [5, 5.41) is 9.22. The van der Waals surface area contributed by atoms with Crippen LogP contribution in [0.5, 0.6) is 5.75 Å². The van der Waals surface area contributed by atoms with Gasteiger partial charge in [0.2, 0.25) is 0 Å². The Labute approximate surface area is 105 Å². The summed E-state index contributed by atoms with van der Waals surface area (Å²) in [6, 6.07) is 14.7. The third-order valence-electron chi connectivity index (χ3n) is 2.69. The molecule has 0 atom stereocenters. The highest BCUT2D eigenvalue weighted by Crippen LogP contribution is 2.30. The van der Waals surface area contributed by atoms with Crippen molar-refractivity contribution in [1.82, 2.24) is 0 Å². The molecule has 88 valence electrons. The highest BCUT2D eigenvalue weighted by molar-refractivity contribution is 5.81. The first-order valence-corrected chi connectivity index (χ1v) is 5.43. The van der Waals surface area contributed by atoms with Crippen LogP contribution in [-0.2, 0) is 0 Å². The number of carbonyl (C=O) groups is 1. The number of benzene rings is 2. The molecule has 0 fully saturated rings. The van der Waals surface area contributed by atoms with E-state index in [0.29, 0.717) is 16.9 Å². The second-order valence-electron chi connectivity index (χ2n) is 3.74. The average molecular weight is 237 g/mol. The van der Waals surface area contributed by atoms with Crippen LogP contribution in [0.3, 0.4) is 0 Å². The second-order valence-corrected chi connectivity index (χ2v) is 3.74. The Hall–Kier alpha value is -2.60. The summed E-state index contributed by atoms with van der Waals surface area (Å²) in [4.78, 5) is 10.8. The van der Waals surface area contributed by atoms with E-state index in [4.69, 9.17) is 4.74 Å². The van der Waals surface area contributed by atoms with Gasteiger partial charge in [0, 0.05) is 11.1 Å². The minimum absolute atomic E-state index is 0.475. The molecule has 0 aliphatic carbocycles. The lowest BCUT2D eigenvalue weighted by Gasteiger charge is -2.08. The van der Waals surface area contributed by atoms with Gasteiger partial charge < -0.3 is 4.74 Å². The van der Waals surface area contributed by atoms with Gasteiger partial charge in [-0.2, -0.15) is 5.26 Å². The Balaban J connectivity index is 2.63. The molecule has 0 spiro atoms. The van der Waals surface area contributed by atoms with Crippen LogP contribution < -0.4 is 4.74 Å². The molecule has 0 amide bonds. The zero-order valence-electron chi connectivity index (χ0n) is 9.88. The summed E-state index contributed by atoms with van der Waals surface area (Å²) in [5.41, 5.74) is 2.65. The second kappa shape index (κ2) is 5.15. The predicted molar refractivity (Wildman–Crippen MR) is 68.5 cm³/mol. The molecule has 2 aromatic carbocycles. The number of nitrogens with zero attached hydrogens (tertiary/aromatic N) is 1. The van der Waals surface area contributed by atoms with Crippen LogP contribution in [0, 0.1) is 11.3 Å². The molecule has 0 N–H and O–H groups in total. The monoisotopic (exact) mass is 237 g/mol. The Morgan fingerprint density at radius 1 is 1.22 bits per heavy atom. The van der Waals surface area contributed by atoms with Gasteiger partial charge in [-0.05, 0) is 17.7 Å². The van der Waals surface area contributed by atoms with Crippen molar-refractivity contribution in [1.29, 1.82) is 5.26 Å². The molecule has 2 aromatic rings. The first-order valence-electron chi connectivity index (χ1n) is 5.43. The standard InChI is InChI=1S/C15H11NO2/c1-18-15-7-3-6-13(14(15)9-16)12-5-2-4-11(8-12)10-17/h2-8,10H,1H3. The van der Waals surface area contributed by atoms with Gasteiger partial charge in [0.05, 0.1) is 7.11 Å². The molecule has 0 unspecified atom stereocenters. The fourth-order valence-corrected chi connectivity index (χ4v) is 1.84. The van der Waals surface area contributed by atoms with E-state index < -0.39 is 0 Å². The van der Waals surface area contributed by atoms with Crippen LogP contribution in [0.1, 0.15) is 15.9 Å². The third kappa shape index (κ3) is 2.09. The molecule has 0 radical (unpaired) electrons. The predicted octanol–water partition coefficient (Wildman–Crippen LogP) is 3.05. The molecule has 0 saturated heterocycles. The summed E-state index contributed by atoms with van der Waals surface area (Å²) < 4.78 is 5.16. The van der Waals surface area contributed by atoms with Crippen LogP contribution in [-0.4, -0.2) is 13.4 Å². The Morgan fingerprint density at radius 2 is 2.00 bits per heavy atom. The van der Waals surface area contributed by atoms with Crippen molar-refractivity contribution in [2.24, 2.45) is 0 Å². The molecule has 0 aromatic heterocycles. The first kappa shape index (κ1) is 11.9. The molecular weight excluding hydrogens is 226 g/mol. The van der Waals surface area contributed by atoms with E-state index in [9.17, 15) is 10.1 Å². The highest BCUT2D eigenvalue weighted by Gasteiger charge is 2.10. The topological polar surface area (TPSA) is 50.1 Å². The first-order chi connectivity index (χ1) is 8.80. The number of hydrogen-bond donors (Lipinski definition) is 0. The van der Waals surface area contributed by atoms with Crippen molar-refractivity contribution < 1.29 is 9.53 Å². The number of carbonyl (C=O) groups excluding carboxylic acids is 1. The minimum Gasteiger partial charge on any atom is -0.495 e. The van der Waals surface area contributed by atoms with Crippen molar-refractivity contribution >= 4 is 6.29 Å². The van der Waals surface area contributed by atoms with E-state index in [1.54, 1.807) is 24.3 Å². The van der Waals surface area contributed by atoms with E-state index in [0.717, 1.165) is 17.4 Å². The summed E-state index contributed by atoms with van der Waals surface area (Å²) in [6.07, 6.45) is 0.787. The smallest absolute Gasteiger partial charge is 0.150 e. The molecule has 0 bridgehead atoms. The van der Waals surface area contributed by atoms with E-state index in [1.807, 2.05) is 18.2 Å². The van der Waals surface area contributed by atoms with Gasteiger partial charge in [0.1, 0.15) is 23.7 Å². The SMILES string of the molecule is COc1cccc(-c2cccc(C=O)c2)c1C#N. The van der Waals surface area contributed by atoms with Crippen molar-refractivity contribution in [3.05, 3.63) is 53.6 Å². The minimum atomic E-state index is 0.475. The molecule has 0 saturated carbocycles. The lowest BCUT2D eigenvalue weighted by atomic mass is 9.98. The molecule has 2 rings (SSSR count). The number of methoxy groups -OCH3 is 1. The summed E-state index contributed by atoms with van der Waals surface area (Å²) in [7, 11) is 1.53. The number of hydrogen-bond acceptors (Lipinski definition) is 3. The quantitative estimate of drug-likeness (QED) is 0.771. The van der Waals surface area contributed by atoms with E-state index in [-0.39, 0.29) is 0 Å². The molecule has 0 aliphatic rings. The summed E-state index contributed by atoms with van der Waals surface area (Å²) in [5.74, 6) is 0.534. The Morgan fingerprint density at radius 3 is 2.67 bits per heavy atom. The lowest BCUT2D eigenvalue weighted by molar-refractivity contribution is 0.112. The fourth-order valence-electron chi connectivity index (χ4n) is 1.84. The zero-order chi connectivity index (χ0) is 13.0. The largest absolute Gasteiger partial charge is 0.495 e. The van der Waals surface area contributed by atoms with Crippen molar-refractivity contribution in [3.8, 4) is 22.9 Å². The molecule has 18 heavy (non-hydrogen) atoms. The third-order valence-corrected chi connectivity index (χ3v) is 2.69. The Bertz CT molecular complexity index is 627. The molecular formula is C15H11NO2. The maximum atomic E-state index is 10.8. The van der Waals surface area contributed by atoms with E-state index >= 15 is 0 Å². The average Bonchev–Trinajstić information content (AvgIpc) is 2.46. The van der Waals surface area contributed by atoms with Crippen molar-refractivity contribution in [2.75, 3.05) is 7.11 Å². The molecule has 3 heteroatoms. The van der Waals surface area contributed by atoms with Crippen molar-refractivity contribution in [3.63, 3.8) is 0 Å². The van der Waals surface area contributed by atoms with E-state index in [2.05, 4.69) is 6.07 Å². The maximum Gasteiger partial charge on any atom is 0.150 e. The van der Waals surface area contributed by atoms with Crippen LogP contribution in [0.25, 0.3) is 11.1 Å². The van der Waals surface area contributed by atoms with Crippen molar-refractivity contribution in [2.45, 2.75) is 0 Å². The summed E-state index contributed by atoms with van der Waals surface area (Å²) >= 11 is 0. The van der Waals surface area contributed by atoms with Crippen LogP contribution in [0.15, 0.2) is 42.5 Å². The van der Waals surface area contributed by atoms with Gasteiger partial charge >= 0.3 is 0 Å². The van der Waals surface area contributed by atoms with E-state index in [1.165, 1.54) is 7.11 Å². The number of nitriles is 1. The summed E-state index contributed by atoms with van der Waals surface area (Å²) in [6.45, 7) is 0. The van der Waals surface area contributed by atoms with Gasteiger partial charge in [-0.15, -0.1) is 0 Å². The van der Waals surface area contributed by atoms with Gasteiger partial charge in [-0.1, -0.05) is 30.3 Å². The zero-order valence-corrected chi connectivity index (χ0v) is 9.88. The number of ether oxygens (including phenoxy) is 1. The van der Waals surface area contributed by atoms with Crippen LogP contribution in [0.4, 0.5) is 0 Å². The number of rotatable bonds is 3. The highest BCUT2D eigenvalue weighted by atomic mass is 16.5. The Kier molecular flexibility index (Phi) is 3.40. The van der Waals surface area contributed by atoms with Gasteiger partial charge in [0.25, 0.3) is 0 Å². The van der Waals surface area contributed by atoms with Gasteiger partial charge in [-0.3, -0.25) is 4.79 Å². The molecule has 0 heterocycles.